The standard InChI is InChI=1S/C12H21N/c1-3-5-6-7-8-9-12(4-2)10-11-13/h10H,3-9H2,1-2H3. The zero-order valence-corrected chi connectivity index (χ0v) is 8.97. The van der Waals surface area contributed by atoms with Gasteiger partial charge in [0.2, 0.25) is 0 Å². The first-order chi connectivity index (χ1) is 6.35. The van der Waals surface area contributed by atoms with Gasteiger partial charge in [-0.3, -0.25) is 0 Å². The second kappa shape index (κ2) is 9.32. The van der Waals surface area contributed by atoms with Crippen LogP contribution in [-0.2, 0) is 0 Å². The van der Waals surface area contributed by atoms with Gasteiger partial charge in [-0.1, -0.05) is 45.1 Å². The fraction of sp³-hybridized carbons (Fsp3) is 0.750. The number of nitriles is 1. The molecule has 0 unspecified atom stereocenters. The van der Waals surface area contributed by atoms with Crippen molar-refractivity contribution in [3.8, 4) is 6.07 Å². The molecule has 0 radical (unpaired) electrons. The highest BCUT2D eigenvalue weighted by Gasteiger charge is 1.94. The molecule has 0 saturated heterocycles. The molecule has 0 heterocycles. The highest BCUT2D eigenvalue weighted by atomic mass is 14.2. The van der Waals surface area contributed by atoms with Crippen LogP contribution in [0.4, 0.5) is 0 Å². The lowest BCUT2D eigenvalue weighted by molar-refractivity contribution is 0.626. The SMILES string of the molecule is CCCCCCCC(=CC#N)CC. The summed E-state index contributed by atoms with van der Waals surface area (Å²) in [7, 11) is 0. The second-order valence-corrected chi connectivity index (χ2v) is 3.45. The van der Waals surface area contributed by atoms with E-state index in [1.54, 1.807) is 6.08 Å². The van der Waals surface area contributed by atoms with Gasteiger partial charge in [0.15, 0.2) is 0 Å². The maximum absolute atomic E-state index is 8.48. The van der Waals surface area contributed by atoms with Crippen molar-refractivity contribution in [1.82, 2.24) is 0 Å². The van der Waals surface area contributed by atoms with Crippen LogP contribution in [0.3, 0.4) is 0 Å². The normalized spacial score (nSPS) is 11.3. The van der Waals surface area contributed by atoms with Gasteiger partial charge in [-0.15, -0.1) is 0 Å². The van der Waals surface area contributed by atoms with Crippen LogP contribution in [0.1, 0.15) is 58.8 Å². The molecule has 13 heavy (non-hydrogen) atoms. The fourth-order valence-electron chi connectivity index (χ4n) is 1.40. The molecule has 0 amide bonds. The van der Waals surface area contributed by atoms with E-state index in [2.05, 4.69) is 19.9 Å². The molecule has 0 aliphatic rings. The first-order valence-electron chi connectivity index (χ1n) is 5.42. The van der Waals surface area contributed by atoms with Gasteiger partial charge in [-0.2, -0.15) is 5.26 Å². The first kappa shape index (κ1) is 12.2. The van der Waals surface area contributed by atoms with Gasteiger partial charge in [-0.25, -0.2) is 0 Å². The molecule has 0 fully saturated rings. The molecule has 0 aromatic rings. The van der Waals surface area contributed by atoms with Crippen LogP contribution in [-0.4, -0.2) is 0 Å². The first-order valence-corrected chi connectivity index (χ1v) is 5.42. The van der Waals surface area contributed by atoms with Crippen molar-refractivity contribution in [2.45, 2.75) is 58.8 Å². The molecular weight excluding hydrogens is 158 g/mol. The zero-order valence-electron chi connectivity index (χ0n) is 8.97. The molecule has 0 aliphatic heterocycles. The Hall–Kier alpha value is -0.770. The highest BCUT2D eigenvalue weighted by Crippen LogP contribution is 2.13. The van der Waals surface area contributed by atoms with Crippen LogP contribution in [0.2, 0.25) is 0 Å². The molecule has 0 N–H and O–H groups in total. The summed E-state index contributed by atoms with van der Waals surface area (Å²) < 4.78 is 0. The van der Waals surface area contributed by atoms with Gasteiger partial charge >= 0.3 is 0 Å². The summed E-state index contributed by atoms with van der Waals surface area (Å²) >= 11 is 0. The van der Waals surface area contributed by atoms with Crippen LogP contribution in [0, 0.1) is 11.3 Å². The molecule has 0 bridgehead atoms. The summed E-state index contributed by atoms with van der Waals surface area (Å²) in [5, 5.41) is 8.48. The quantitative estimate of drug-likeness (QED) is 0.424. The van der Waals surface area contributed by atoms with Crippen molar-refractivity contribution in [2.75, 3.05) is 0 Å². The summed E-state index contributed by atoms with van der Waals surface area (Å²) in [5.74, 6) is 0. The molecule has 0 aromatic heterocycles. The minimum Gasteiger partial charge on any atom is -0.193 e. The molecule has 1 heteroatoms. The summed E-state index contributed by atoms with van der Waals surface area (Å²) in [6.45, 7) is 4.35. The molecule has 0 aromatic carbocycles. The van der Waals surface area contributed by atoms with Crippen LogP contribution < -0.4 is 0 Å². The Kier molecular flexibility index (Phi) is 8.77. The van der Waals surface area contributed by atoms with Crippen molar-refractivity contribution in [1.29, 1.82) is 5.26 Å². The van der Waals surface area contributed by atoms with Crippen molar-refractivity contribution in [2.24, 2.45) is 0 Å². The van der Waals surface area contributed by atoms with E-state index in [1.165, 1.54) is 37.7 Å². The lowest BCUT2D eigenvalue weighted by atomic mass is 10.0. The van der Waals surface area contributed by atoms with Gasteiger partial charge < -0.3 is 0 Å². The lowest BCUT2D eigenvalue weighted by Crippen LogP contribution is -1.83. The monoisotopic (exact) mass is 179 g/mol. The number of hydrogen-bond donors (Lipinski definition) is 0. The van der Waals surface area contributed by atoms with Crippen LogP contribution in [0.25, 0.3) is 0 Å². The van der Waals surface area contributed by atoms with Crippen molar-refractivity contribution in [3.63, 3.8) is 0 Å². The van der Waals surface area contributed by atoms with Crippen molar-refractivity contribution in [3.05, 3.63) is 11.6 Å². The fourth-order valence-corrected chi connectivity index (χ4v) is 1.40. The number of nitrogens with zero attached hydrogens (tertiary/aromatic N) is 1. The molecule has 0 spiro atoms. The topological polar surface area (TPSA) is 23.8 Å². The maximum Gasteiger partial charge on any atom is 0.0911 e. The largest absolute Gasteiger partial charge is 0.193 e. The minimum atomic E-state index is 1.03. The van der Waals surface area contributed by atoms with E-state index in [1.807, 2.05) is 0 Å². The van der Waals surface area contributed by atoms with E-state index < -0.39 is 0 Å². The van der Waals surface area contributed by atoms with Gasteiger partial charge in [0.25, 0.3) is 0 Å². The molecule has 1 nitrogen and oxygen atoms in total. The number of allylic oxidation sites excluding steroid dienone is 2. The Bertz CT molecular complexity index is 174. The van der Waals surface area contributed by atoms with Gasteiger partial charge in [0.1, 0.15) is 0 Å². The third-order valence-electron chi connectivity index (χ3n) is 2.32. The lowest BCUT2D eigenvalue weighted by Gasteiger charge is -2.02. The summed E-state index contributed by atoms with van der Waals surface area (Å²) in [5.41, 5.74) is 1.30. The molecule has 0 rings (SSSR count). The Labute approximate surface area is 82.5 Å². The number of unbranched alkanes of at least 4 members (excludes halogenated alkanes) is 4. The Morgan fingerprint density at radius 1 is 1.15 bits per heavy atom. The molecule has 0 atom stereocenters. The average Bonchev–Trinajstić information content (AvgIpc) is 2.16. The average molecular weight is 179 g/mol. The third kappa shape index (κ3) is 7.59. The summed E-state index contributed by atoms with van der Waals surface area (Å²) in [6.07, 6.45) is 10.4. The van der Waals surface area contributed by atoms with E-state index in [0.29, 0.717) is 0 Å². The molecular formula is C12H21N. The highest BCUT2D eigenvalue weighted by molar-refractivity contribution is 5.12. The van der Waals surface area contributed by atoms with Crippen molar-refractivity contribution >= 4 is 0 Å². The van der Waals surface area contributed by atoms with Crippen LogP contribution in [0.15, 0.2) is 11.6 Å². The molecule has 0 aliphatic carbocycles. The molecule has 74 valence electrons. The zero-order chi connectivity index (χ0) is 9.94. The Balaban J connectivity index is 3.40. The maximum atomic E-state index is 8.48. The van der Waals surface area contributed by atoms with E-state index >= 15 is 0 Å². The van der Waals surface area contributed by atoms with E-state index in [4.69, 9.17) is 5.26 Å². The number of hydrogen-bond acceptors (Lipinski definition) is 1. The summed E-state index contributed by atoms with van der Waals surface area (Å²) in [6, 6.07) is 2.11. The van der Waals surface area contributed by atoms with E-state index in [-0.39, 0.29) is 0 Å². The van der Waals surface area contributed by atoms with E-state index in [0.717, 1.165) is 12.8 Å². The van der Waals surface area contributed by atoms with E-state index in [9.17, 15) is 0 Å². The van der Waals surface area contributed by atoms with Gasteiger partial charge in [-0.05, 0) is 19.3 Å². The number of rotatable bonds is 7. The van der Waals surface area contributed by atoms with Crippen LogP contribution >= 0.6 is 0 Å². The Morgan fingerprint density at radius 3 is 2.38 bits per heavy atom. The van der Waals surface area contributed by atoms with Crippen molar-refractivity contribution < 1.29 is 0 Å². The Morgan fingerprint density at radius 2 is 1.85 bits per heavy atom. The molecule has 0 saturated carbocycles. The second-order valence-electron chi connectivity index (χ2n) is 3.45. The minimum absolute atomic E-state index is 1.03. The summed E-state index contributed by atoms with van der Waals surface area (Å²) in [4.78, 5) is 0. The smallest absolute Gasteiger partial charge is 0.0911 e. The van der Waals surface area contributed by atoms with Gasteiger partial charge in [0, 0.05) is 6.08 Å². The van der Waals surface area contributed by atoms with Gasteiger partial charge in [0.05, 0.1) is 6.07 Å². The van der Waals surface area contributed by atoms with Crippen LogP contribution in [0.5, 0.6) is 0 Å². The predicted octanol–water partition coefficient (Wildman–Crippen LogP) is 4.21. The predicted molar refractivity (Wildman–Crippen MR) is 57.4 cm³/mol. The third-order valence-corrected chi connectivity index (χ3v) is 2.32.